The predicted molar refractivity (Wildman–Crippen MR) is 158 cm³/mol. The molecule has 0 fully saturated rings. The van der Waals surface area contributed by atoms with Gasteiger partial charge in [0, 0.05) is 36.6 Å². The molecule has 1 atom stereocenters. The number of hydrogen-bond donors (Lipinski definition) is 0. The first kappa shape index (κ1) is 30.0. The van der Waals surface area contributed by atoms with Crippen LogP contribution in [0.5, 0.6) is 5.75 Å². The number of amides is 2. The number of rotatable bonds is 15. The Morgan fingerprint density at radius 3 is 2.36 bits per heavy atom. The minimum atomic E-state index is -0.127. The molecule has 0 N–H and O–H groups in total. The van der Waals surface area contributed by atoms with Crippen molar-refractivity contribution in [1.29, 1.82) is 0 Å². The Kier molecular flexibility index (Phi) is 11.7. The highest BCUT2D eigenvalue weighted by Crippen LogP contribution is 2.18. The van der Waals surface area contributed by atoms with Crippen molar-refractivity contribution < 1.29 is 14.3 Å². The van der Waals surface area contributed by atoms with Crippen LogP contribution in [-0.4, -0.2) is 51.9 Å². The summed E-state index contributed by atoms with van der Waals surface area (Å²) < 4.78 is 7.95. The summed E-state index contributed by atoms with van der Waals surface area (Å²) in [5.74, 6) is 0.599. The van der Waals surface area contributed by atoms with E-state index in [0.717, 1.165) is 43.7 Å². The van der Waals surface area contributed by atoms with Crippen molar-refractivity contribution in [2.24, 2.45) is 0 Å². The van der Waals surface area contributed by atoms with E-state index in [1.54, 1.807) is 17.0 Å². The van der Waals surface area contributed by atoms with Gasteiger partial charge in [0.05, 0.1) is 13.2 Å². The van der Waals surface area contributed by atoms with Crippen LogP contribution in [0.4, 0.5) is 0 Å². The van der Waals surface area contributed by atoms with Gasteiger partial charge in [0.2, 0.25) is 5.91 Å². The summed E-state index contributed by atoms with van der Waals surface area (Å²) in [5.41, 5.74) is 4.17. The third-order valence-corrected chi connectivity index (χ3v) is 7.28. The Labute approximate surface area is 234 Å². The molecule has 0 saturated carbocycles. The van der Waals surface area contributed by atoms with Gasteiger partial charge in [0.1, 0.15) is 12.3 Å². The van der Waals surface area contributed by atoms with Crippen LogP contribution in [0.1, 0.15) is 80.6 Å². The van der Waals surface area contributed by atoms with E-state index in [9.17, 15) is 9.59 Å². The maximum absolute atomic E-state index is 13.7. The highest BCUT2D eigenvalue weighted by molar-refractivity contribution is 5.96. The highest BCUT2D eigenvalue weighted by atomic mass is 16.5. The van der Waals surface area contributed by atoms with Crippen molar-refractivity contribution in [3.8, 4) is 5.75 Å². The lowest BCUT2D eigenvalue weighted by atomic mass is 10.1. The summed E-state index contributed by atoms with van der Waals surface area (Å²) in [6.45, 7) is 13.0. The van der Waals surface area contributed by atoms with Crippen LogP contribution in [0.25, 0.3) is 0 Å². The molecule has 0 radical (unpaired) electrons. The molecule has 6 heteroatoms. The van der Waals surface area contributed by atoms with E-state index in [-0.39, 0.29) is 24.4 Å². The van der Waals surface area contributed by atoms with Crippen molar-refractivity contribution >= 4 is 11.8 Å². The van der Waals surface area contributed by atoms with Crippen LogP contribution in [0.15, 0.2) is 66.9 Å². The first-order chi connectivity index (χ1) is 18.9. The second kappa shape index (κ2) is 15.2. The Morgan fingerprint density at radius 2 is 1.69 bits per heavy atom. The molecule has 0 aliphatic rings. The number of ether oxygens (including phenoxy) is 1. The van der Waals surface area contributed by atoms with Gasteiger partial charge in [-0.15, -0.1) is 0 Å². The molecular weight excluding hydrogens is 486 g/mol. The van der Waals surface area contributed by atoms with Crippen molar-refractivity contribution in [2.45, 2.75) is 79.4 Å². The third kappa shape index (κ3) is 8.47. The molecule has 3 rings (SSSR count). The molecule has 0 spiro atoms. The number of unbranched alkanes of at least 4 members (excludes halogenated alkanes) is 1. The molecule has 2 amide bonds. The van der Waals surface area contributed by atoms with Crippen molar-refractivity contribution in [1.82, 2.24) is 14.4 Å². The molecule has 1 heterocycles. The third-order valence-electron chi connectivity index (χ3n) is 7.28. The number of aryl methyl sites for hydroxylation is 1. The molecule has 1 unspecified atom stereocenters. The zero-order valence-electron chi connectivity index (χ0n) is 24.4. The monoisotopic (exact) mass is 531 g/mol. The van der Waals surface area contributed by atoms with Crippen LogP contribution in [0.2, 0.25) is 0 Å². The van der Waals surface area contributed by atoms with E-state index >= 15 is 0 Å². The first-order valence-corrected chi connectivity index (χ1v) is 14.4. The summed E-state index contributed by atoms with van der Waals surface area (Å²) in [6, 6.07) is 19.8. The normalized spacial score (nSPS) is 11.7. The number of nitrogens with zero attached hydrogens (tertiary/aromatic N) is 3. The molecule has 6 nitrogen and oxygen atoms in total. The van der Waals surface area contributed by atoms with E-state index in [1.165, 1.54) is 11.1 Å². The van der Waals surface area contributed by atoms with E-state index in [1.807, 2.05) is 30.0 Å². The van der Waals surface area contributed by atoms with Crippen LogP contribution >= 0.6 is 0 Å². The lowest BCUT2D eigenvalue weighted by Gasteiger charge is -2.32. The van der Waals surface area contributed by atoms with Gasteiger partial charge in [-0.3, -0.25) is 9.59 Å². The number of benzene rings is 2. The van der Waals surface area contributed by atoms with E-state index in [2.05, 4.69) is 68.8 Å². The van der Waals surface area contributed by atoms with E-state index in [4.69, 9.17) is 4.74 Å². The second-order valence-electron chi connectivity index (χ2n) is 10.3. The smallest absolute Gasteiger partial charge is 0.254 e. The fraction of sp³-hybridized carbons (Fsp3) is 0.455. The molecule has 0 aliphatic carbocycles. The summed E-state index contributed by atoms with van der Waals surface area (Å²) in [7, 11) is 0. The predicted octanol–water partition coefficient (Wildman–Crippen LogP) is 6.70. The van der Waals surface area contributed by atoms with Gasteiger partial charge in [-0.2, -0.15) is 0 Å². The Morgan fingerprint density at radius 1 is 0.949 bits per heavy atom. The number of carbonyl (C=O) groups excluding carboxylic acids is 2. The highest BCUT2D eigenvalue weighted by Gasteiger charge is 2.25. The molecule has 1 aromatic heterocycles. The average molecular weight is 532 g/mol. The zero-order valence-corrected chi connectivity index (χ0v) is 24.4. The molecule has 3 aromatic rings. The summed E-state index contributed by atoms with van der Waals surface area (Å²) >= 11 is 0. The van der Waals surface area contributed by atoms with Crippen LogP contribution < -0.4 is 4.74 Å². The molecule has 39 heavy (non-hydrogen) atoms. The Balaban J connectivity index is 1.73. The van der Waals surface area contributed by atoms with Crippen molar-refractivity contribution in [3.63, 3.8) is 0 Å². The van der Waals surface area contributed by atoms with Gasteiger partial charge in [-0.05, 0) is 80.6 Å². The van der Waals surface area contributed by atoms with Crippen LogP contribution in [-0.2, 0) is 17.9 Å². The van der Waals surface area contributed by atoms with E-state index in [0.29, 0.717) is 25.3 Å². The van der Waals surface area contributed by atoms with Gasteiger partial charge in [-0.25, -0.2) is 0 Å². The van der Waals surface area contributed by atoms with Crippen LogP contribution in [0.3, 0.4) is 0 Å². The number of carbonyl (C=O) groups is 2. The maximum atomic E-state index is 13.7. The SMILES string of the molecule is CCCCOc1ccc(C(=O)N(CCC)CC(=O)N(Cc2cccn2Cc2ccccc2C)C(C)CC)cc1. The molecule has 0 saturated heterocycles. The molecule has 210 valence electrons. The zero-order chi connectivity index (χ0) is 28.2. The lowest BCUT2D eigenvalue weighted by molar-refractivity contribution is -0.134. The molecule has 2 aromatic carbocycles. The van der Waals surface area contributed by atoms with E-state index < -0.39 is 0 Å². The number of aromatic nitrogens is 1. The molecule has 0 bridgehead atoms. The summed E-state index contributed by atoms with van der Waals surface area (Å²) in [4.78, 5) is 30.7. The lowest BCUT2D eigenvalue weighted by Crippen LogP contribution is -2.46. The largest absolute Gasteiger partial charge is 0.494 e. The maximum Gasteiger partial charge on any atom is 0.254 e. The van der Waals surface area contributed by atoms with Gasteiger partial charge >= 0.3 is 0 Å². The average Bonchev–Trinajstić information content (AvgIpc) is 3.38. The second-order valence-corrected chi connectivity index (χ2v) is 10.3. The fourth-order valence-electron chi connectivity index (χ4n) is 4.59. The summed E-state index contributed by atoms with van der Waals surface area (Å²) in [5, 5.41) is 0. The van der Waals surface area contributed by atoms with Crippen molar-refractivity contribution in [2.75, 3.05) is 19.7 Å². The van der Waals surface area contributed by atoms with Gasteiger partial charge < -0.3 is 19.1 Å². The minimum absolute atomic E-state index is 0.0330. The van der Waals surface area contributed by atoms with Gasteiger partial charge in [0.15, 0.2) is 0 Å². The summed E-state index contributed by atoms with van der Waals surface area (Å²) in [6.07, 6.45) is 5.76. The molecular formula is C33H45N3O3. The van der Waals surface area contributed by atoms with Gasteiger partial charge in [-0.1, -0.05) is 51.5 Å². The standard InChI is InChI=1S/C33H45N3O3/c1-6-9-22-39-31-18-16-28(17-19-31)33(38)35(20-7-2)25-32(37)36(27(5)8-3)24-30-15-12-21-34(30)23-29-14-11-10-13-26(29)4/h10-19,21,27H,6-9,20,22-25H2,1-5H3. The number of hydrogen-bond acceptors (Lipinski definition) is 3. The topological polar surface area (TPSA) is 54.8 Å². The van der Waals surface area contributed by atoms with Crippen LogP contribution in [0, 0.1) is 6.92 Å². The fourth-order valence-corrected chi connectivity index (χ4v) is 4.59. The Bertz CT molecular complexity index is 1180. The minimum Gasteiger partial charge on any atom is -0.494 e. The van der Waals surface area contributed by atoms with Crippen molar-refractivity contribution in [3.05, 3.63) is 89.2 Å². The first-order valence-electron chi connectivity index (χ1n) is 14.4. The quantitative estimate of drug-likeness (QED) is 0.205. The Hall–Kier alpha value is -3.54. The van der Waals surface area contributed by atoms with Gasteiger partial charge in [0.25, 0.3) is 5.91 Å². The molecule has 0 aliphatic heterocycles.